The predicted molar refractivity (Wildman–Crippen MR) is 97.9 cm³/mol. The maximum absolute atomic E-state index is 12.0. The molecule has 0 amide bonds. The zero-order chi connectivity index (χ0) is 19.2. The van der Waals surface area contributed by atoms with Gasteiger partial charge in [-0.1, -0.05) is 34.9 Å². The van der Waals surface area contributed by atoms with Gasteiger partial charge in [-0.05, 0) is 60.3 Å². The average molecular weight is 380 g/mol. The fraction of sp³-hybridized carbons (Fsp3) is 0.625. The van der Waals surface area contributed by atoms with Gasteiger partial charge in [-0.3, -0.25) is 9.13 Å². The van der Waals surface area contributed by atoms with Crippen LogP contribution in [0, 0.1) is 0 Å². The minimum absolute atomic E-state index is 0.369. The van der Waals surface area contributed by atoms with E-state index in [9.17, 15) is 28.7 Å². The summed E-state index contributed by atoms with van der Waals surface area (Å²) in [5.41, 5.74) is 2.76. The third-order valence-corrected chi connectivity index (χ3v) is 8.25. The third-order valence-electron chi connectivity index (χ3n) is 3.79. The summed E-state index contributed by atoms with van der Waals surface area (Å²) in [5.74, 6) is 0. The molecule has 0 aromatic heterocycles. The maximum Gasteiger partial charge on any atom is 0.344 e. The monoisotopic (exact) mass is 380 g/mol. The van der Waals surface area contributed by atoms with Gasteiger partial charge < -0.3 is 19.6 Å². The molecule has 0 aliphatic heterocycles. The third kappa shape index (κ3) is 7.18. The van der Waals surface area contributed by atoms with Crippen molar-refractivity contribution in [3.8, 4) is 0 Å². The summed E-state index contributed by atoms with van der Waals surface area (Å²) in [4.78, 5) is 36.3. The van der Waals surface area contributed by atoms with Crippen molar-refractivity contribution in [2.45, 2.75) is 65.2 Å². The largest absolute Gasteiger partial charge is 0.344 e. The van der Waals surface area contributed by atoms with Gasteiger partial charge in [0, 0.05) is 0 Å². The van der Waals surface area contributed by atoms with Crippen LogP contribution in [-0.4, -0.2) is 24.5 Å². The molecule has 0 bridgehead atoms. The van der Waals surface area contributed by atoms with E-state index in [1.165, 1.54) is 17.7 Å². The molecule has 0 unspecified atom stereocenters. The van der Waals surface area contributed by atoms with E-state index in [0.717, 1.165) is 17.6 Å². The lowest BCUT2D eigenvalue weighted by Gasteiger charge is -2.33. The Morgan fingerprint density at radius 1 is 0.792 bits per heavy atom. The Hall–Kier alpha value is -0.480. The zero-order valence-electron chi connectivity index (χ0n) is 15.1. The Balaban J connectivity index is 5.64. The molecule has 4 N–H and O–H groups in total. The van der Waals surface area contributed by atoms with Crippen molar-refractivity contribution in [2.24, 2.45) is 0 Å². The Morgan fingerprint density at radius 3 is 1.58 bits per heavy atom. The van der Waals surface area contributed by atoms with Gasteiger partial charge in [-0.15, -0.1) is 0 Å². The van der Waals surface area contributed by atoms with Gasteiger partial charge >= 0.3 is 15.2 Å². The van der Waals surface area contributed by atoms with Gasteiger partial charge in [-0.2, -0.15) is 0 Å². The summed E-state index contributed by atoms with van der Waals surface area (Å²) >= 11 is 0. The second kappa shape index (κ2) is 9.28. The molecule has 0 aliphatic rings. The highest BCUT2D eigenvalue weighted by Crippen LogP contribution is 2.72. The van der Waals surface area contributed by atoms with Crippen LogP contribution in [0.4, 0.5) is 0 Å². The molecule has 6 nitrogen and oxygen atoms in total. The standard InChI is InChI=1S/C16H30O6P2/c1-13(2)7-6-8-15(5)10-12-16(23(17,18)19,24(20,21)22)11-9-14(3)4/h7,9-10H,6,8,11-12H2,1-5H3,(H2,17,18,19)(H2,20,21,22)/b15-10-. The van der Waals surface area contributed by atoms with Gasteiger partial charge in [0.15, 0.2) is 4.90 Å². The Morgan fingerprint density at radius 2 is 1.21 bits per heavy atom. The van der Waals surface area contributed by atoms with Crippen molar-refractivity contribution >= 4 is 15.2 Å². The Labute approximate surface area is 144 Å². The molecule has 0 aromatic carbocycles. The molecule has 0 fully saturated rings. The second-order valence-corrected chi connectivity index (χ2v) is 10.9. The van der Waals surface area contributed by atoms with Crippen LogP contribution in [-0.2, 0) is 9.13 Å². The Kier molecular flexibility index (Phi) is 9.10. The molecule has 0 aromatic rings. The summed E-state index contributed by atoms with van der Waals surface area (Å²) < 4.78 is 23.9. The van der Waals surface area contributed by atoms with Crippen LogP contribution in [0.15, 0.2) is 34.9 Å². The lowest BCUT2D eigenvalue weighted by atomic mass is 10.1. The van der Waals surface area contributed by atoms with Crippen LogP contribution in [0.2, 0.25) is 0 Å². The van der Waals surface area contributed by atoms with E-state index >= 15 is 0 Å². The Bertz CT molecular complexity index is 576. The van der Waals surface area contributed by atoms with Crippen molar-refractivity contribution in [1.82, 2.24) is 0 Å². The van der Waals surface area contributed by atoms with Gasteiger partial charge in [-0.25, -0.2) is 0 Å². The molecule has 0 atom stereocenters. The first kappa shape index (κ1) is 23.5. The number of hydrogen-bond acceptors (Lipinski definition) is 2. The molecular weight excluding hydrogens is 350 g/mol. The van der Waals surface area contributed by atoms with Gasteiger partial charge in [0.05, 0.1) is 0 Å². The van der Waals surface area contributed by atoms with Crippen molar-refractivity contribution in [1.29, 1.82) is 0 Å². The summed E-state index contributed by atoms with van der Waals surface area (Å²) in [6.45, 7) is 9.18. The summed E-state index contributed by atoms with van der Waals surface area (Å²) in [6, 6.07) is 0. The van der Waals surface area contributed by atoms with Crippen molar-refractivity contribution in [3.63, 3.8) is 0 Å². The molecular formula is C16H30O6P2. The highest BCUT2D eigenvalue weighted by molar-refractivity contribution is 7.72. The van der Waals surface area contributed by atoms with E-state index in [1.807, 2.05) is 19.9 Å². The maximum atomic E-state index is 12.0. The molecule has 24 heavy (non-hydrogen) atoms. The van der Waals surface area contributed by atoms with Crippen LogP contribution in [0.1, 0.15) is 60.3 Å². The smallest absolute Gasteiger partial charge is 0.324 e. The molecule has 8 heteroatoms. The number of allylic oxidation sites excluding steroid dienone is 6. The molecule has 0 radical (unpaired) electrons. The first-order valence-corrected chi connectivity index (χ1v) is 11.0. The fourth-order valence-electron chi connectivity index (χ4n) is 2.12. The fourth-order valence-corrected chi connectivity index (χ4v) is 4.80. The molecule has 0 spiro atoms. The average Bonchev–Trinajstić information content (AvgIpc) is 2.34. The SMILES string of the molecule is CC(C)=CCC/C(C)=C\CC(CC=C(C)C)(P(=O)(O)O)P(=O)(O)O. The minimum Gasteiger partial charge on any atom is -0.324 e. The first-order valence-electron chi connectivity index (χ1n) is 7.76. The number of hydrogen-bond donors (Lipinski definition) is 4. The molecule has 0 heterocycles. The molecule has 0 saturated carbocycles. The van der Waals surface area contributed by atoms with E-state index in [-0.39, 0.29) is 12.8 Å². The molecule has 140 valence electrons. The summed E-state index contributed by atoms with van der Waals surface area (Å²) in [5, 5.41) is 0. The van der Waals surface area contributed by atoms with Gasteiger partial charge in [0.1, 0.15) is 0 Å². The van der Waals surface area contributed by atoms with Crippen LogP contribution >= 0.6 is 15.2 Å². The summed E-state index contributed by atoms with van der Waals surface area (Å²) in [6.07, 6.45) is 5.75. The van der Waals surface area contributed by atoms with E-state index in [0.29, 0.717) is 6.42 Å². The quantitative estimate of drug-likeness (QED) is 0.346. The lowest BCUT2D eigenvalue weighted by molar-refractivity contribution is 0.307. The highest BCUT2D eigenvalue weighted by atomic mass is 31.2. The van der Waals surface area contributed by atoms with Crippen molar-refractivity contribution < 1.29 is 28.7 Å². The normalized spacial score (nSPS) is 13.6. The van der Waals surface area contributed by atoms with E-state index in [1.54, 1.807) is 20.8 Å². The van der Waals surface area contributed by atoms with Crippen LogP contribution < -0.4 is 0 Å². The molecule has 0 aliphatic carbocycles. The topological polar surface area (TPSA) is 115 Å². The van der Waals surface area contributed by atoms with Crippen LogP contribution in [0.5, 0.6) is 0 Å². The lowest BCUT2D eigenvalue weighted by Crippen LogP contribution is -2.28. The number of rotatable bonds is 9. The van der Waals surface area contributed by atoms with E-state index in [4.69, 9.17) is 0 Å². The van der Waals surface area contributed by atoms with Crippen LogP contribution in [0.3, 0.4) is 0 Å². The molecule has 0 saturated heterocycles. The van der Waals surface area contributed by atoms with Crippen molar-refractivity contribution in [2.75, 3.05) is 0 Å². The van der Waals surface area contributed by atoms with E-state index in [2.05, 4.69) is 0 Å². The minimum atomic E-state index is -5.05. The van der Waals surface area contributed by atoms with Gasteiger partial charge in [0.2, 0.25) is 0 Å². The first-order chi connectivity index (χ1) is 10.7. The highest BCUT2D eigenvalue weighted by Gasteiger charge is 2.58. The predicted octanol–water partition coefficient (Wildman–Crippen LogP) is 4.48. The van der Waals surface area contributed by atoms with E-state index < -0.39 is 20.1 Å². The zero-order valence-corrected chi connectivity index (χ0v) is 16.8. The van der Waals surface area contributed by atoms with Crippen molar-refractivity contribution in [3.05, 3.63) is 34.9 Å². The summed E-state index contributed by atoms with van der Waals surface area (Å²) in [7, 11) is -10.1. The molecule has 0 rings (SSSR count). The van der Waals surface area contributed by atoms with Crippen LogP contribution in [0.25, 0.3) is 0 Å². The van der Waals surface area contributed by atoms with Gasteiger partial charge in [0.25, 0.3) is 0 Å². The second-order valence-electron chi connectivity index (χ2n) is 6.63.